The molecule has 4 aliphatic heterocycles. The lowest BCUT2D eigenvalue weighted by molar-refractivity contribution is -0.141. The molecule has 3 fully saturated rings. The minimum Gasteiger partial charge on any atom is -0.480 e. The van der Waals surface area contributed by atoms with Gasteiger partial charge < -0.3 is 56.9 Å². The second-order valence-electron chi connectivity index (χ2n) is 11.4. The van der Waals surface area contributed by atoms with Gasteiger partial charge in [-0.3, -0.25) is 24.0 Å². The molecule has 272 valence electrons. The molecule has 4 heterocycles. The summed E-state index contributed by atoms with van der Waals surface area (Å²) >= 11 is 0. The zero-order valence-electron chi connectivity index (χ0n) is 27.8. The normalized spacial score (nSPS) is 23.6. The lowest BCUT2D eigenvalue weighted by Crippen LogP contribution is -2.48. The number of ether oxygens (including phenoxy) is 1. The van der Waals surface area contributed by atoms with Gasteiger partial charge in [0.1, 0.15) is 24.2 Å². The van der Waals surface area contributed by atoms with Crippen LogP contribution in [0.2, 0.25) is 0 Å². The first-order chi connectivity index (χ1) is 22.9. The van der Waals surface area contributed by atoms with Gasteiger partial charge in [-0.05, 0) is 69.8 Å². The summed E-state index contributed by atoms with van der Waals surface area (Å²) in [6, 6.07) is 6.58. The number of hydrogen-bond acceptors (Lipinski definition) is 11. The van der Waals surface area contributed by atoms with Gasteiger partial charge in [0, 0.05) is 26.1 Å². The number of hydrogen-bond donors (Lipinski definition) is 10. The van der Waals surface area contributed by atoms with Crippen LogP contribution >= 0.6 is 0 Å². The average Bonchev–Trinajstić information content (AvgIpc) is 3.51. The number of carboxylic acids is 5. The predicted molar refractivity (Wildman–Crippen MR) is 176 cm³/mol. The van der Waals surface area contributed by atoms with Crippen molar-refractivity contribution in [1.82, 2.24) is 26.6 Å². The van der Waals surface area contributed by atoms with Crippen LogP contribution in [-0.2, 0) is 41.7 Å². The van der Waals surface area contributed by atoms with E-state index in [9.17, 15) is 24.0 Å². The van der Waals surface area contributed by atoms with E-state index in [2.05, 4.69) is 26.6 Å². The van der Waals surface area contributed by atoms with E-state index < -0.39 is 41.9 Å². The summed E-state index contributed by atoms with van der Waals surface area (Å²) in [6.07, 6.45) is 5.97. The second-order valence-corrected chi connectivity index (χ2v) is 11.4. The summed E-state index contributed by atoms with van der Waals surface area (Å²) in [5.74, 6) is -3.79. The number of aliphatic carboxylic acids is 5. The Morgan fingerprint density at radius 2 is 1.33 bits per heavy atom. The molecule has 0 aromatic heterocycles. The highest BCUT2D eigenvalue weighted by atomic mass is 16.5. The number of benzene rings is 1. The highest BCUT2D eigenvalue weighted by Gasteiger charge is 2.29. The van der Waals surface area contributed by atoms with Crippen molar-refractivity contribution in [3.8, 4) is 0 Å². The molecule has 0 amide bonds. The van der Waals surface area contributed by atoms with Crippen LogP contribution in [0.15, 0.2) is 24.3 Å². The molecule has 16 nitrogen and oxygen atoms in total. The van der Waals surface area contributed by atoms with Gasteiger partial charge in [0.25, 0.3) is 0 Å². The molecular formula is C32H53N5O11. The van der Waals surface area contributed by atoms with Gasteiger partial charge in [-0.15, -0.1) is 0 Å². The van der Waals surface area contributed by atoms with Crippen molar-refractivity contribution in [2.75, 3.05) is 39.3 Å². The molecule has 10 N–H and O–H groups in total. The molecule has 1 aromatic rings. The first-order valence-corrected chi connectivity index (χ1v) is 16.3. The Hall–Kier alpha value is -3.67. The zero-order valence-corrected chi connectivity index (χ0v) is 27.8. The van der Waals surface area contributed by atoms with Crippen molar-refractivity contribution in [1.29, 1.82) is 0 Å². The lowest BCUT2D eigenvalue weighted by atomic mass is 9.96. The van der Waals surface area contributed by atoms with Gasteiger partial charge in [-0.2, -0.15) is 0 Å². The largest absolute Gasteiger partial charge is 0.480 e. The molecule has 0 unspecified atom stereocenters. The Kier molecular flexibility index (Phi) is 21.6. The van der Waals surface area contributed by atoms with E-state index in [1.165, 1.54) is 5.56 Å². The topological polar surface area (TPSA) is 256 Å². The minimum atomic E-state index is -0.793. The predicted octanol–water partition coefficient (Wildman–Crippen LogP) is 0.340. The summed E-state index contributed by atoms with van der Waals surface area (Å²) < 4.78 is 5.26. The molecule has 0 spiro atoms. The number of fused-ring (bicyclic) bond motifs is 1. The Labute approximate surface area is 281 Å². The van der Waals surface area contributed by atoms with Crippen LogP contribution in [0.3, 0.4) is 0 Å². The summed E-state index contributed by atoms with van der Waals surface area (Å²) in [5, 5.41) is 56.3. The number of carboxylic acid groups (broad SMARTS) is 5. The molecule has 3 saturated heterocycles. The monoisotopic (exact) mass is 683 g/mol. The van der Waals surface area contributed by atoms with Crippen molar-refractivity contribution in [2.24, 2.45) is 0 Å². The van der Waals surface area contributed by atoms with E-state index in [0.717, 1.165) is 57.3 Å². The SMILES string of the molecule is CCCNCC(=O)O.CCO[C@H]1CN[C@H](C(=O)O)C1.O=C(O)[C@@H]1CCCCN1.O=C(O)[C@@H]1CCN1.O=C(O)[C@@H]1Cc2ccccc2CN1. The van der Waals surface area contributed by atoms with Gasteiger partial charge in [0.15, 0.2) is 0 Å². The summed E-state index contributed by atoms with van der Waals surface area (Å²) in [5.41, 5.74) is 2.36. The molecule has 1 aromatic carbocycles. The van der Waals surface area contributed by atoms with Crippen molar-refractivity contribution < 1.29 is 54.2 Å². The van der Waals surface area contributed by atoms with Crippen LogP contribution < -0.4 is 26.6 Å². The first-order valence-electron chi connectivity index (χ1n) is 16.3. The standard InChI is InChI=1S/C10H11NO2.C7H13NO3.C6H11NO2.C5H11NO2.C4H7NO2/c12-10(13)9-5-7-3-1-2-4-8(7)6-11-9;1-2-11-5-3-6(7(9)10)8-4-5;8-6(9)5-3-1-2-4-7-5;1-2-3-6-4-5(7)8;6-4(7)3-1-2-5-3/h1-4,9,11H,5-6H2,(H,12,13);5-6,8H,2-4H2,1H3,(H,9,10);5,7H,1-4H2,(H,8,9);6H,2-4H2,1H3,(H,7,8);3,5H,1-2H2,(H,6,7)/t9-;5-,6+;5-;;3-/m010.0/s1. The van der Waals surface area contributed by atoms with Crippen LogP contribution in [0.25, 0.3) is 0 Å². The Morgan fingerprint density at radius 1 is 0.750 bits per heavy atom. The summed E-state index contributed by atoms with van der Waals surface area (Å²) in [7, 11) is 0. The van der Waals surface area contributed by atoms with Crippen molar-refractivity contribution >= 4 is 29.8 Å². The highest BCUT2D eigenvalue weighted by Crippen LogP contribution is 2.16. The van der Waals surface area contributed by atoms with Gasteiger partial charge in [-0.25, -0.2) is 0 Å². The third-order valence-electron chi connectivity index (χ3n) is 7.60. The second kappa shape index (κ2) is 24.5. The molecule has 0 radical (unpaired) electrons. The smallest absolute Gasteiger partial charge is 0.321 e. The van der Waals surface area contributed by atoms with E-state index in [-0.39, 0.29) is 24.7 Å². The molecule has 5 rings (SSSR count). The van der Waals surface area contributed by atoms with Crippen molar-refractivity contribution in [2.45, 2.75) is 95.6 Å². The molecule has 48 heavy (non-hydrogen) atoms. The third kappa shape index (κ3) is 18.0. The minimum absolute atomic E-state index is 0.0772. The first kappa shape index (κ1) is 42.4. The van der Waals surface area contributed by atoms with Crippen LogP contribution in [0.5, 0.6) is 0 Å². The van der Waals surface area contributed by atoms with E-state index in [4.69, 9.17) is 30.3 Å². The molecule has 0 saturated carbocycles. The fraction of sp³-hybridized carbons (Fsp3) is 0.656. The maximum atomic E-state index is 10.7. The fourth-order valence-electron chi connectivity index (χ4n) is 4.82. The van der Waals surface area contributed by atoms with Crippen LogP contribution in [0.1, 0.15) is 63.5 Å². The summed E-state index contributed by atoms with van der Waals surface area (Å²) in [6.45, 7) is 8.45. The van der Waals surface area contributed by atoms with Crippen LogP contribution in [0.4, 0.5) is 0 Å². The molecule has 4 aliphatic rings. The molecule has 16 heteroatoms. The zero-order chi connectivity index (χ0) is 35.9. The van der Waals surface area contributed by atoms with Gasteiger partial charge >= 0.3 is 29.8 Å². The molecule has 5 atom stereocenters. The van der Waals surface area contributed by atoms with E-state index in [1.54, 1.807) is 0 Å². The number of piperidine rings is 1. The average molecular weight is 684 g/mol. The summed E-state index contributed by atoms with van der Waals surface area (Å²) in [4.78, 5) is 51.2. The number of rotatable bonds is 10. The maximum absolute atomic E-state index is 10.7. The van der Waals surface area contributed by atoms with Crippen LogP contribution in [0, 0.1) is 0 Å². The Morgan fingerprint density at radius 3 is 1.75 bits per heavy atom. The third-order valence-corrected chi connectivity index (χ3v) is 7.60. The van der Waals surface area contributed by atoms with E-state index in [1.807, 2.05) is 38.1 Å². The van der Waals surface area contributed by atoms with Crippen molar-refractivity contribution in [3.05, 3.63) is 35.4 Å². The maximum Gasteiger partial charge on any atom is 0.321 e. The van der Waals surface area contributed by atoms with E-state index >= 15 is 0 Å². The van der Waals surface area contributed by atoms with E-state index in [0.29, 0.717) is 32.5 Å². The number of nitrogens with one attached hydrogen (secondary N) is 5. The fourth-order valence-corrected chi connectivity index (χ4v) is 4.82. The quantitative estimate of drug-likeness (QED) is 0.149. The molecular weight excluding hydrogens is 630 g/mol. The number of carbonyl (C=O) groups is 5. The lowest BCUT2D eigenvalue weighted by Gasteiger charge is -2.22. The van der Waals surface area contributed by atoms with Gasteiger partial charge in [0.05, 0.1) is 12.6 Å². The highest BCUT2D eigenvalue weighted by molar-refractivity contribution is 5.75. The molecule has 0 aliphatic carbocycles. The van der Waals surface area contributed by atoms with Crippen molar-refractivity contribution in [3.63, 3.8) is 0 Å². The van der Waals surface area contributed by atoms with Crippen LogP contribution in [-0.4, -0.2) is 125 Å². The van der Waals surface area contributed by atoms with Gasteiger partial charge in [0.2, 0.25) is 0 Å². The molecule has 0 bridgehead atoms. The Bertz CT molecular complexity index is 1130. The Balaban J connectivity index is 0.000000306. The van der Waals surface area contributed by atoms with Gasteiger partial charge in [-0.1, -0.05) is 37.6 Å².